The molecule has 2 rings (SSSR count). The van der Waals surface area contributed by atoms with Gasteiger partial charge in [0.2, 0.25) is 5.88 Å². The number of nitrogens with one attached hydrogen (secondary N) is 1. The van der Waals surface area contributed by atoms with Crippen molar-refractivity contribution < 1.29 is 4.74 Å². The lowest BCUT2D eigenvalue weighted by atomic mass is 10.1. The van der Waals surface area contributed by atoms with Crippen LogP contribution >= 0.6 is 0 Å². The number of pyridine rings is 1. The largest absolute Gasteiger partial charge is 0.473 e. The fraction of sp³-hybridized carbons (Fsp3) is 0.455. The summed E-state index contributed by atoms with van der Waals surface area (Å²) in [7, 11) is 0. The highest BCUT2D eigenvalue weighted by Crippen LogP contribution is 2.13. The first-order valence-corrected chi connectivity index (χ1v) is 5.12. The van der Waals surface area contributed by atoms with Crippen LogP contribution < -0.4 is 10.1 Å². The van der Waals surface area contributed by atoms with Gasteiger partial charge in [-0.2, -0.15) is 5.26 Å². The second-order valence-electron chi connectivity index (χ2n) is 3.58. The maximum atomic E-state index is 8.72. The number of aromatic nitrogens is 1. The molecule has 1 fully saturated rings. The van der Waals surface area contributed by atoms with E-state index < -0.39 is 0 Å². The topological polar surface area (TPSA) is 57.9 Å². The summed E-state index contributed by atoms with van der Waals surface area (Å²) in [5, 5.41) is 12.0. The van der Waals surface area contributed by atoms with Gasteiger partial charge in [0.25, 0.3) is 0 Å². The Balaban J connectivity index is 2.00. The molecule has 1 aliphatic heterocycles. The van der Waals surface area contributed by atoms with Crippen LogP contribution in [0.4, 0.5) is 0 Å². The molecule has 1 N–H and O–H groups in total. The molecular weight excluding hydrogens is 190 g/mol. The number of piperidine rings is 1. The van der Waals surface area contributed by atoms with Gasteiger partial charge >= 0.3 is 0 Å². The standard InChI is InChI=1S/C11H13N3O/c12-7-9-3-5-14-11(6-9)15-10-2-1-4-13-8-10/h3,5-6,10,13H,1-2,4,8H2/t10-/m0/s1. The Bertz CT molecular complexity index is 366. The predicted octanol–water partition coefficient (Wildman–Crippen LogP) is 1.08. The molecule has 4 nitrogen and oxygen atoms in total. The molecule has 78 valence electrons. The highest BCUT2D eigenvalue weighted by molar-refractivity contribution is 5.31. The number of hydrogen-bond acceptors (Lipinski definition) is 4. The molecule has 1 aromatic heterocycles. The van der Waals surface area contributed by atoms with E-state index in [4.69, 9.17) is 10.00 Å². The monoisotopic (exact) mass is 203 g/mol. The molecule has 4 heteroatoms. The van der Waals surface area contributed by atoms with Crippen molar-refractivity contribution in [2.45, 2.75) is 18.9 Å². The molecule has 1 aromatic rings. The highest BCUT2D eigenvalue weighted by atomic mass is 16.5. The second kappa shape index (κ2) is 4.76. The predicted molar refractivity (Wildman–Crippen MR) is 55.5 cm³/mol. The minimum atomic E-state index is 0.181. The summed E-state index contributed by atoms with van der Waals surface area (Å²) < 4.78 is 5.67. The molecule has 0 bridgehead atoms. The molecular formula is C11H13N3O. The molecule has 1 atom stereocenters. The number of nitrogens with zero attached hydrogens (tertiary/aromatic N) is 2. The number of hydrogen-bond donors (Lipinski definition) is 1. The Morgan fingerprint density at radius 1 is 1.60 bits per heavy atom. The van der Waals surface area contributed by atoms with Gasteiger partial charge in [0.15, 0.2) is 0 Å². The van der Waals surface area contributed by atoms with Crippen molar-refractivity contribution in [2.24, 2.45) is 0 Å². The van der Waals surface area contributed by atoms with Gasteiger partial charge in [-0.05, 0) is 25.5 Å². The minimum Gasteiger partial charge on any atom is -0.473 e. The molecule has 15 heavy (non-hydrogen) atoms. The van der Waals surface area contributed by atoms with E-state index in [1.54, 1.807) is 18.3 Å². The average molecular weight is 203 g/mol. The van der Waals surface area contributed by atoms with Gasteiger partial charge in [0, 0.05) is 18.8 Å². The van der Waals surface area contributed by atoms with Crippen LogP contribution in [0.15, 0.2) is 18.3 Å². The molecule has 0 spiro atoms. The fourth-order valence-electron chi connectivity index (χ4n) is 1.63. The average Bonchev–Trinajstić information content (AvgIpc) is 2.31. The lowest BCUT2D eigenvalue weighted by Gasteiger charge is -2.23. The molecule has 0 aromatic carbocycles. The summed E-state index contributed by atoms with van der Waals surface area (Å²) in [5.41, 5.74) is 0.587. The Labute approximate surface area is 88.9 Å². The van der Waals surface area contributed by atoms with Crippen molar-refractivity contribution >= 4 is 0 Å². The number of ether oxygens (including phenoxy) is 1. The van der Waals surface area contributed by atoms with Crippen LogP contribution in [-0.2, 0) is 0 Å². The Kier molecular flexibility index (Phi) is 3.15. The van der Waals surface area contributed by atoms with E-state index >= 15 is 0 Å². The number of nitriles is 1. The van der Waals surface area contributed by atoms with Crippen molar-refractivity contribution in [1.82, 2.24) is 10.3 Å². The van der Waals surface area contributed by atoms with Gasteiger partial charge in [0.05, 0.1) is 11.6 Å². The van der Waals surface area contributed by atoms with Crippen LogP contribution in [0.1, 0.15) is 18.4 Å². The van der Waals surface area contributed by atoms with E-state index in [1.165, 1.54) is 0 Å². The lowest BCUT2D eigenvalue weighted by molar-refractivity contribution is 0.160. The minimum absolute atomic E-state index is 0.181. The van der Waals surface area contributed by atoms with Gasteiger partial charge in [-0.15, -0.1) is 0 Å². The molecule has 2 heterocycles. The van der Waals surface area contributed by atoms with Crippen LogP contribution in [0.25, 0.3) is 0 Å². The van der Waals surface area contributed by atoms with Gasteiger partial charge in [-0.3, -0.25) is 0 Å². The van der Waals surface area contributed by atoms with Crippen LogP contribution in [0.2, 0.25) is 0 Å². The smallest absolute Gasteiger partial charge is 0.214 e. The van der Waals surface area contributed by atoms with E-state index in [9.17, 15) is 0 Å². The van der Waals surface area contributed by atoms with Gasteiger partial charge < -0.3 is 10.1 Å². The first-order chi connectivity index (χ1) is 7.38. The summed E-state index contributed by atoms with van der Waals surface area (Å²) in [6, 6.07) is 5.42. The van der Waals surface area contributed by atoms with Crippen LogP contribution in [0.3, 0.4) is 0 Å². The summed E-state index contributed by atoms with van der Waals surface area (Å²) >= 11 is 0. The third-order valence-electron chi connectivity index (χ3n) is 2.40. The Morgan fingerprint density at radius 2 is 2.53 bits per heavy atom. The van der Waals surface area contributed by atoms with Crippen LogP contribution in [0, 0.1) is 11.3 Å². The molecule has 1 saturated heterocycles. The molecule has 0 saturated carbocycles. The Hall–Kier alpha value is -1.60. The molecule has 0 aliphatic carbocycles. The van der Waals surface area contributed by atoms with Gasteiger partial charge in [-0.1, -0.05) is 0 Å². The van der Waals surface area contributed by atoms with E-state index in [0.717, 1.165) is 25.9 Å². The highest BCUT2D eigenvalue weighted by Gasteiger charge is 2.14. The van der Waals surface area contributed by atoms with E-state index in [-0.39, 0.29) is 6.10 Å². The zero-order valence-corrected chi connectivity index (χ0v) is 8.44. The quantitative estimate of drug-likeness (QED) is 0.781. The summed E-state index contributed by atoms with van der Waals surface area (Å²) in [5.74, 6) is 0.544. The van der Waals surface area contributed by atoms with Crippen molar-refractivity contribution in [2.75, 3.05) is 13.1 Å². The molecule has 1 aliphatic rings. The van der Waals surface area contributed by atoms with Crippen molar-refractivity contribution in [3.8, 4) is 11.9 Å². The summed E-state index contributed by atoms with van der Waals surface area (Å²) in [6.45, 7) is 1.92. The zero-order valence-electron chi connectivity index (χ0n) is 8.44. The fourth-order valence-corrected chi connectivity index (χ4v) is 1.63. The number of rotatable bonds is 2. The van der Waals surface area contributed by atoms with E-state index in [2.05, 4.69) is 16.4 Å². The normalized spacial score (nSPS) is 20.6. The summed E-state index contributed by atoms with van der Waals surface area (Å²) in [4.78, 5) is 4.08. The maximum absolute atomic E-state index is 8.72. The van der Waals surface area contributed by atoms with Crippen LogP contribution in [0.5, 0.6) is 5.88 Å². The first kappa shape index (κ1) is 9.94. The third kappa shape index (κ3) is 2.67. The maximum Gasteiger partial charge on any atom is 0.214 e. The zero-order chi connectivity index (χ0) is 10.5. The van der Waals surface area contributed by atoms with Crippen molar-refractivity contribution in [3.05, 3.63) is 23.9 Å². The first-order valence-electron chi connectivity index (χ1n) is 5.12. The SMILES string of the molecule is N#Cc1ccnc(O[C@H]2CCCNC2)c1. The van der Waals surface area contributed by atoms with Crippen molar-refractivity contribution in [3.63, 3.8) is 0 Å². The molecule has 0 amide bonds. The van der Waals surface area contributed by atoms with E-state index in [0.29, 0.717) is 11.4 Å². The van der Waals surface area contributed by atoms with Gasteiger partial charge in [-0.25, -0.2) is 4.98 Å². The molecule has 0 radical (unpaired) electrons. The second-order valence-corrected chi connectivity index (χ2v) is 3.58. The molecule has 0 unspecified atom stereocenters. The van der Waals surface area contributed by atoms with Crippen molar-refractivity contribution in [1.29, 1.82) is 5.26 Å². The Morgan fingerprint density at radius 3 is 3.27 bits per heavy atom. The lowest BCUT2D eigenvalue weighted by Crippen LogP contribution is -2.37. The summed E-state index contributed by atoms with van der Waals surface area (Å²) in [6.07, 6.45) is 3.96. The van der Waals surface area contributed by atoms with Gasteiger partial charge in [0.1, 0.15) is 6.10 Å². The van der Waals surface area contributed by atoms with E-state index in [1.807, 2.05) is 0 Å². The third-order valence-corrected chi connectivity index (χ3v) is 2.40. The van der Waals surface area contributed by atoms with Crippen LogP contribution in [-0.4, -0.2) is 24.2 Å².